The van der Waals surface area contributed by atoms with Gasteiger partial charge >= 0.3 is 0 Å². The molecule has 0 spiro atoms. The van der Waals surface area contributed by atoms with Crippen LogP contribution in [0.25, 0.3) is 0 Å². The summed E-state index contributed by atoms with van der Waals surface area (Å²) in [5.41, 5.74) is 12.2. The van der Waals surface area contributed by atoms with E-state index in [1.807, 2.05) is 0 Å². The number of hydrogen-bond donors (Lipinski definition) is 6. The van der Waals surface area contributed by atoms with Crippen molar-refractivity contribution in [2.45, 2.75) is 91.5 Å². The molecule has 4 saturated heterocycles. The predicted octanol–water partition coefficient (Wildman–Crippen LogP) is -0.771. The number of carbonyl (C=O) groups excluding carboxylic acids is 2. The molecule has 0 bridgehead atoms. The summed E-state index contributed by atoms with van der Waals surface area (Å²) in [5.74, 6) is 0.0212. The van der Waals surface area contributed by atoms with E-state index >= 15 is 0 Å². The zero-order valence-electron chi connectivity index (χ0n) is 22.4. The van der Waals surface area contributed by atoms with Gasteiger partial charge in [0.25, 0.3) is 0 Å². The van der Waals surface area contributed by atoms with Crippen LogP contribution in [0.5, 0.6) is 0 Å². The Morgan fingerprint density at radius 2 is 1.95 bits per heavy atom. The first-order valence-corrected chi connectivity index (χ1v) is 16.3. The largest absolute Gasteiger partial charge is 0.378 e. The summed E-state index contributed by atoms with van der Waals surface area (Å²) < 4.78 is 15.1. The van der Waals surface area contributed by atoms with E-state index in [9.17, 15) is 9.59 Å². The Hall–Kier alpha value is -0.900. The molecule has 5 aliphatic heterocycles. The lowest BCUT2D eigenvalue weighted by atomic mass is 9.88. The van der Waals surface area contributed by atoms with E-state index < -0.39 is 6.04 Å². The van der Waals surface area contributed by atoms with Crippen molar-refractivity contribution >= 4 is 35.4 Å². The van der Waals surface area contributed by atoms with Crippen molar-refractivity contribution in [1.29, 1.82) is 0 Å². The summed E-state index contributed by atoms with van der Waals surface area (Å²) in [6, 6.07) is 0.244. The summed E-state index contributed by atoms with van der Waals surface area (Å²) in [6.07, 6.45) is 7.73. The van der Waals surface area contributed by atoms with Crippen LogP contribution in [0.2, 0.25) is 0 Å². The van der Waals surface area contributed by atoms with Gasteiger partial charge in [0.05, 0.1) is 36.3 Å². The first-order valence-electron chi connectivity index (χ1n) is 14.5. The molecule has 1 amide bonds. The van der Waals surface area contributed by atoms with E-state index in [1.165, 1.54) is 12.8 Å². The van der Waals surface area contributed by atoms with Crippen LogP contribution in [-0.2, 0) is 19.1 Å². The van der Waals surface area contributed by atoms with Crippen molar-refractivity contribution in [2.24, 2.45) is 17.4 Å². The zero-order valence-corrected chi connectivity index (χ0v) is 24.0. The van der Waals surface area contributed by atoms with Crippen molar-refractivity contribution in [3.63, 3.8) is 0 Å². The normalized spacial score (nSPS) is 43.3. The molecular formula is C26H43N7O4S2. The first kappa shape index (κ1) is 28.2. The highest BCUT2D eigenvalue weighted by Gasteiger charge is 2.50. The van der Waals surface area contributed by atoms with Crippen molar-refractivity contribution < 1.29 is 19.1 Å². The third-order valence-electron chi connectivity index (χ3n) is 9.14. The molecule has 8 N–H and O–H groups in total. The second-order valence-electron chi connectivity index (χ2n) is 11.8. The number of ketones is 1. The maximum atomic E-state index is 12.9. The number of nitrogens with two attached hydrogens (primary N) is 2. The highest BCUT2D eigenvalue weighted by molar-refractivity contribution is 8.04. The molecule has 8 unspecified atom stereocenters. The average molecular weight is 582 g/mol. The van der Waals surface area contributed by atoms with Gasteiger partial charge in [-0.25, -0.2) is 4.72 Å². The summed E-state index contributed by atoms with van der Waals surface area (Å²) in [6.45, 7) is 4.33. The number of carbonyl (C=O) groups is 2. The molecule has 10 atom stereocenters. The Bertz CT molecular complexity index is 938. The highest BCUT2D eigenvalue weighted by Crippen LogP contribution is 2.46. The van der Waals surface area contributed by atoms with E-state index in [4.69, 9.17) is 20.9 Å². The fourth-order valence-corrected chi connectivity index (χ4v) is 9.87. The van der Waals surface area contributed by atoms with Gasteiger partial charge in [0, 0.05) is 61.0 Å². The molecule has 13 heteroatoms. The fourth-order valence-electron chi connectivity index (χ4n) is 6.99. The molecule has 0 aromatic rings. The maximum Gasteiger partial charge on any atom is 0.236 e. The molecule has 5 heterocycles. The molecule has 6 aliphatic rings. The van der Waals surface area contributed by atoms with E-state index in [0.717, 1.165) is 43.8 Å². The summed E-state index contributed by atoms with van der Waals surface area (Å²) in [5, 5.41) is 12.3. The monoisotopic (exact) mass is 581 g/mol. The quantitative estimate of drug-likeness (QED) is 0.209. The van der Waals surface area contributed by atoms with Gasteiger partial charge in [0.1, 0.15) is 12.1 Å². The molecular weight excluding hydrogens is 538 g/mol. The third-order valence-corrected chi connectivity index (χ3v) is 11.9. The van der Waals surface area contributed by atoms with Crippen molar-refractivity contribution in [1.82, 2.24) is 25.6 Å². The van der Waals surface area contributed by atoms with Crippen molar-refractivity contribution in [3.05, 3.63) is 11.1 Å². The number of piperidine rings is 1. The lowest BCUT2D eigenvalue weighted by Gasteiger charge is -2.41. The minimum atomic E-state index is -0.416. The third kappa shape index (κ3) is 6.31. The molecule has 1 aliphatic carbocycles. The van der Waals surface area contributed by atoms with Crippen LogP contribution in [0.3, 0.4) is 0 Å². The van der Waals surface area contributed by atoms with Crippen LogP contribution in [0.15, 0.2) is 11.1 Å². The molecule has 0 aromatic carbocycles. The van der Waals surface area contributed by atoms with Crippen LogP contribution >= 0.6 is 23.7 Å². The van der Waals surface area contributed by atoms with Crippen molar-refractivity contribution in [2.75, 3.05) is 39.5 Å². The predicted molar refractivity (Wildman–Crippen MR) is 153 cm³/mol. The van der Waals surface area contributed by atoms with Crippen molar-refractivity contribution in [3.8, 4) is 0 Å². The average Bonchev–Trinajstić information content (AvgIpc) is 3.58. The minimum Gasteiger partial charge on any atom is -0.378 e. The number of ether oxygens (including phenoxy) is 2. The Morgan fingerprint density at radius 3 is 2.74 bits per heavy atom. The fraction of sp³-hybridized carbons (Fsp3) is 0.846. The molecule has 1 saturated carbocycles. The molecule has 0 aromatic heterocycles. The number of morpholine rings is 1. The SMILES string of the molecule is NC(=O)C1NCC(N[C@H]2CCCC[C@H]2N)CC1NC1CC(C2COC3C(=O)C=C(N4CCOCC4)SC32)SN1. The van der Waals surface area contributed by atoms with Gasteiger partial charge in [-0.3, -0.25) is 14.9 Å². The number of thioether (sulfide) groups is 1. The lowest BCUT2D eigenvalue weighted by molar-refractivity contribution is -0.123. The van der Waals surface area contributed by atoms with Crippen LogP contribution in [-0.4, -0.2) is 109 Å². The number of hydrogen-bond acceptors (Lipinski definition) is 12. The molecule has 0 radical (unpaired) electrons. The van der Waals surface area contributed by atoms with Crippen LogP contribution in [0.1, 0.15) is 38.5 Å². The smallest absolute Gasteiger partial charge is 0.236 e. The van der Waals surface area contributed by atoms with Gasteiger partial charge in [-0.1, -0.05) is 24.8 Å². The van der Waals surface area contributed by atoms with E-state index in [1.54, 1.807) is 29.8 Å². The number of rotatable bonds is 7. The first-order chi connectivity index (χ1) is 19.0. The van der Waals surface area contributed by atoms with Crippen LogP contribution < -0.4 is 32.1 Å². The highest BCUT2D eigenvalue weighted by atomic mass is 32.2. The summed E-state index contributed by atoms with van der Waals surface area (Å²) >= 11 is 3.53. The number of amides is 1. The Kier molecular flexibility index (Phi) is 9.08. The van der Waals surface area contributed by atoms with Gasteiger partial charge in [-0.2, -0.15) is 0 Å². The van der Waals surface area contributed by atoms with Crippen LogP contribution in [0.4, 0.5) is 0 Å². The van der Waals surface area contributed by atoms with Gasteiger partial charge in [0.15, 0.2) is 5.78 Å². The Labute approximate surface area is 239 Å². The van der Waals surface area contributed by atoms with Gasteiger partial charge in [0.2, 0.25) is 5.91 Å². The van der Waals surface area contributed by atoms with E-state index in [2.05, 4.69) is 25.6 Å². The maximum absolute atomic E-state index is 12.9. The van der Waals surface area contributed by atoms with Gasteiger partial charge < -0.3 is 36.5 Å². The molecule has 11 nitrogen and oxygen atoms in total. The second-order valence-corrected chi connectivity index (χ2v) is 14.0. The van der Waals surface area contributed by atoms with E-state index in [0.29, 0.717) is 37.7 Å². The summed E-state index contributed by atoms with van der Waals surface area (Å²) in [7, 11) is 0. The second kappa shape index (κ2) is 12.5. The van der Waals surface area contributed by atoms with E-state index in [-0.39, 0.29) is 53.3 Å². The summed E-state index contributed by atoms with van der Waals surface area (Å²) in [4.78, 5) is 27.5. The Morgan fingerprint density at radius 1 is 1.13 bits per heavy atom. The standard InChI is InChI=1S/C26H43N7O4S2/c27-16-3-1-2-4-17(16)30-14-9-18(23(26(28)35)29-12-14)31-21-11-20(39-32-21)15-13-37-24-19(34)10-22(38-25(15)24)33-5-7-36-8-6-33/h10,14-18,20-21,23-25,29-32H,1-9,11-13,27H2,(H2,28,35)/t14?,15?,16-,17+,18?,20?,21?,23?,24?,25?/m1/s1. The van der Waals surface area contributed by atoms with Gasteiger partial charge in [-0.15, -0.1) is 11.8 Å². The zero-order chi connectivity index (χ0) is 26.9. The number of fused-ring (bicyclic) bond motifs is 1. The van der Waals surface area contributed by atoms with Gasteiger partial charge in [-0.05, 0) is 25.7 Å². The number of primary amides is 1. The lowest BCUT2D eigenvalue weighted by Crippen LogP contribution is -2.66. The topological polar surface area (TPSA) is 156 Å². The molecule has 6 rings (SSSR count). The van der Waals surface area contributed by atoms with Crippen LogP contribution in [0, 0.1) is 5.92 Å². The molecule has 39 heavy (non-hydrogen) atoms. The number of nitrogens with zero attached hydrogens (tertiary/aromatic N) is 1. The number of nitrogens with one attached hydrogen (secondary N) is 4. The molecule has 218 valence electrons. The molecule has 5 fully saturated rings. The minimum absolute atomic E-state index is 0.0435. The Balaban J connectivity index is 1.06.